The highest BCUT2D eigenvalue weighted by atomic mass is 16.5. The lowest BCUT2D eigenvalue weighted by atomic mass is 9.82. The van der Waals surface area contributed by atoms with Crippen molar-refractivity contribution in [2.75, 3.05) is 39.6 Å². The number of benzene rings is 3. The maximum Gasteiger partial charge on any atom is 0.135 e. The Morgan fingerprint density at radius 1 is 0.719 bits per heavy atom. The third-order valence-electron chi connectivity index (χ3n) is 6.69. The second kappa shape index (κ2) is 7.64. The second-order valence-corrected chi connectivity index (χ2v) is 11.4. The van der Waals surface area contributed by atoms with Crippen molar-refractivity contribution >= 4 is 21.5 Å². The number of ether oxygens (including phenoxy) is 4. The Bertz CT molecular complexity index is 1150. The summed E-state index contributed by atoms with van der Waals surface area (Å²) in [6.07, 6.45) is 0. The van der Waals surface area contributed by atoms with Gasteiger partial charge in [0, 0.05) is 32.4 Å². The van der Waals surface area contributed by atoms with Gasteiger partial charge in [0.15, 0.2) is 0 Å². The first-order valence-corrected chi connectivity index (χ1v) is 11.6. The number of rotatable bonds is 6. The van der Waals surface area contributed by atoms with E-state index in [2.05, 4.69) is 77.1 Å². The van der Waals surface area contributed by atoms with E-state index in [0.717, 1.165) is 59.5 Å². The Labute approximate surface area is 190 Å². The van der Waals surface area contributed by atoms with Gasteiger partial charge in [0.1, 0.15) is 11.5 Å². The molecule has 0 saturated carbocycles. The summed E-state index contributed by atoms with van der Waals surface area (Å²) in [4.78, 5) is 0. The Morgan fingerprint density at radius 2 is 1.22 bits per heavy atom. The van der Waals surface area contributed by atoms with Gasteiger partial charge in [-0.3, -0.25) is 0 Å². The summed E-state index contributed by atoms with van der Waals surface area (Å²) in [5, 5.41) is 4.48. The summed E-state index contributed by atoms with van der Waals surface area (Å²) >= 11 is 0. The van der Waals surface area contributed by atoms with Gasteiger partial charge in [0.05, 0.1) is 39.6 Å². The first kappa shape index (κ1) is 21.5. The van der Waals surface area contributed by atoms with Gasteiger partial charge in [-0.05, 0) is 11.0 Å². The summed E-state index contributed by atoms with van der Waals surface area (Å²) in [7, 11) is 0. The molecule has 0 aromatic heterocycles. The number of fused-ring (bicyclic) bond motifs is 2. The van der Waals surface area contributed by atoms with E-state index in [-0.39, 0.29) is 16.2 Å². The Hall–Kier alpha value is -2.30. The molecule has 5 rings (SSSR count). The van der Waals surface area contributed by atoms with Gasteiger partial charge in [0.2, 0.25) is 0 Å². The molecule has 3 aromatic carbocycles. The second-order valence-electron chi connectivity index (χ2n) is 11.4. The summed E-state index contributed by atoms with van der Waals surface area (Å²) < 4.78 is 24.2. The first-order chi connectivity index (χ1) is 15.2. The zero-order valence-corrected chi connectivity index (χ0v) is 19.9. The smallest absolute Gasteiger partial charge is 0.135 e. The molecule has 32 heavy (non-hydrogen) atoms. The highest BCUT2D eigenvalue weighted by molar-refractivity contribution is 6.12. The lowest BCUT2D eigenvalue weighted by molar-refractivity contribution is -0.120. The van der Waals surface area contributed by atoms with Gasteiger partial charge in [-0.25, -0.2) is 0 Å². The van der Waals surface area contributed by atoms with E-state index >= 15 is 0 Å². The summed E-state index contributed by atoms with van der Waals surface area (Å²) in [5.41, 5.74) is 1.38. The van der Waals surface area contributed by atoms with Crippen LogP contribution in [-0.2, 0) is 14.9 Å². The van der Waals surface area contributed by atoms with E-state index in [1.807, 2.05) is 0 Å². The standard InChI is InChI=1S/C28H34O4/c1-26(2,3)22-12-8-11-21-23(22)25(32-18-28(5)15-30-16-28)20-10-7-6-9-19(20)24(21)31-17-27(4)13-29-14-27/h6-12H,13-18H2,1-5H3. The number of hydrogen-bond donors (Lipinski definition) is 0. The zero-order chi connectivity index (χ0) is 22.6. The van der Waals surface area contributed by atoms with E-state index in [9.17, 15) is 0 Å². The predicted octanol–water partition coefficient (Wildman–Crippen LogP) is 6.12. The molecule has 0 N–H and O–H groups in total. The minimum absolute atomic E-state index is 0.0331. The van der Waals surface area contributed by atoms with E-state index in [0.29, 0.717) is 13.2 Å². The fraction of sp³-hybridized carbons (Fsp3) is 0.500. The van der Waals surface area contributed by atoms with Gasteiger partial charge in [-0.2, -0.15) is 0 Å². The Kier molecular flexibility index (Phi) is 5.14. The molecule has 2 aliphatic heterocycles. The molecule has 0 radical (unpaired) electrons. The van der Waals surface area contributed by atoms with Crippen LogP contribution >= 0.6 is 0 Å². The van der Waals surface area contributed by atoms with Gasteiger partial charge < -0.3 is 18.9 Å². The van der Waals surface area contributed by atoms with Crippen LogP contribution in [0, 0.1) is 10.8 Å². The molecule has 0 spiro atoms. The van der Waals surface area contributed by atoms with Crippen molar-refractivity contribution in [2.24, 2.45) is 10.8 Å². The van der Waals surface area contributed by atoms with Crippen molar-refractivity contribution in [3.05, 3.63) is 48.0 Å². The molecule has 2 saturated heterocycles. The molecule has 2 aliphatic rings. The van der Waals surface area contributed by atoms with Crippen molar-refractivity contribution < 1.29 is 18.9 Å². The maximum atomic E-state index is 6.65. The maximum absolute atomic E-state index is 6.65. The van der Waals surface area contributed by atoms with E-state index in [4.69, 9.17) is 18.9 Å². The highest BCUT2D eigenvalue weighted by Gasteiger charge is 2.36. The predicted molar refractivity (Wildman–Crippen MR) is 129 cm³/mol. The molecule has 0 aliphatic carbocycles. The van der Waals surface area contributed by atoms with Crippen molar-refractivity contribution in [1.82, 2.24) is 0 Å². The van der Waals surface area contributed by atoms with E-state index in [1.54, 1.807) is 0 Å². The quantitative estimate of drug-likeness (QED) is 0.438. The molecule has 2 fully saturated rings. The normalized spacial score (nSPS) is 19.4. The number of hydrogen-bond acceptors (Lipinski definition) is 4. The fourth-order valence-corrected chi connectivity index (χ4v) is 4.64. The molecule has 0 bridgehead atoms. The van der Waals surface area contributed by atoms with Crippen LogP contribution in [0.4, 0.5) is 0 Å². The lowest BCUT2D eigenvalue weighted by Gasteiger charge is -2.38. The molecule has 4 nitrogen and oxygen atoms in total. The first-order valence-electron chi connectivity index (χ1n) is 11.6. The van der Waals surface area contributed by atoms with Gasteiger partial charge in [-0.15, -0.1) is 0 Å². The molecule has 2 heterocycles. The third kappa shape index (κ3) is 3.74. The van der Waals surface area contributed by atoms with Crippen molar-refractivity contribution in [3.63, 3.8) is 0 Å². The van der Waals surface area contributed by atoms with Crippen LogP contribution in [0.25, 0.3) is 21.5 Å². The molecular formula is C28H34O4. The van der Waals surface area contributed by atoms with E-state index < -0.39 is 0 Å². The van der Waals surface area contributed by atoms with Crippen LogP contribution in [0.5, 0.6) is 11.5 Å². The molecular weight excluding hydrogens is 400 g/mol. The van der Waals surface area contributed by atoms with Crippen LogP contribution in [0.2, 0.25) is 0 Å². The largest absolute Gasteiger partial charge is 0.492 e. The van der Waals surface area contributed by atoms with Gasteiger partial charge >= 0.3 is 0 Å². The van der Waals surface area contributed by atoms with E-state index in [1.165, 1.54) is 5.56 Å². The Morgan fingerprint density at radius 3 is 1.72 bits per heavy atom. The molecule has 0 amide bonds. The molecule has 3 aromatic rings. The third-order valence-corrected chi connectivity index (χ3v) is 6.69. The van der Waals surface area contributed by atoms with Crippen molar-refractivity contribution in [1.29, 1.82) is 0 Å². The van der Waals surface area contributed by atoms with Crippen LogP contribution in [-0.4, -0.2) is 39.6 Å². The van der Waals surface area contributed by atoms with Crippen molar-refractivity contribution in [2.45, 2.75) is 40.0 Å². The van der Waals surface area contributed by atoms with Crippen molar-refractivity contribution in [3.8, 4) is 11.5 Å². The average Bonchev–Trinajstić information content (AvgIpc) is 2.72. The van der Waals surface area contributed by atoms with Gasteiger partial charge in [0.25, 0.3) is 0 Å². The molecule has 0 unspecified atom stereocenters. The summed E-state index contributed by atoms with van der Waals surface area (Å²) in [6, 6.07) is 15.0. The van der Waals surface area contributed by atoms with Gasteiger partial charge in [-0.1, -0.05) is 77.1 Å². The minimum atomic E-state index is -0.0331. The molecule has 4 heteroatoms. The zero-order valence-electron chi connectivity index (χ0n) is 19.9. The summed E-state index contributed by atoms with van der Waals surface area (Å²) in [5.74, 6) is 1.90. The Balaban J connectivity index is 1.71. The van der Waals surface area contributed by atoms with Crippen LogP contribution in [0.3, 0.4) is 0 Å². The highest BCUT2D eigenvalue weighted by Crippen LogP contribution is 2.47. The molecule has 0 atom stereocenters. The molecule has 170 valence electrons. The minimum Gasteiger partial charge on any atom is -0.492 e. The van der Waals surface area contributed by atoms with Crippen LogP contribution < -0.4 is 9.47 Å². The fourth-order valence-electron chi connectivity index (χ4n) is 4.64. The SMILES string of the molecule is CC1(COc2c3ccccc3c(OCC3(C)COC3)c3c(C(C)(C)C)cccc23)COC1. The van der Waals surface area contributed by atoms with Crippen LogP contribution in [0.1, 0.15) is 40.2 Å². The van der Waals surface area contributed by atoms with Crippen LogP contribution in [0.15, 0.2) is 42.5 Å². The topological polar surface area (TPSA) is 36.9 Å². The lowest BCUT2D eigenvalue weighted by Crippen LogP contribution is -2.44. The summed E-state index contributed by atoms with van der Waals surface area (Å²) in [6.45, 7) is 15.5. The monoisotopic (exact) mass is 434 g/mol. The average molecular weight is 435 g/mol.